The van der Waals surface area contributed by atoms with Crippen molar-refractivity contribution in [3.8, 4) is 5.75 Å². The van der Waals surface area contributed by atoms with Crippen LogP contribution in [0, 0.1) is 5.92 Å². The first kappa shape index (κ1) is 11.0. The lowest BCUT2D eigenvalue weighted by Gasteiger charge is -2.11. The predicted octanol–water partition coefficient (Wildman–Crippen LogP) is 1.06. The highest BCUT2D eigenvalue weighted by molar-refractivity contribution is 5.20. The molecule has 0 radical (unpaired) electrons. The first-order valence-electron chi connectivity index (χ1n) is 4.76. The van der Waals surface area contributed by atoms with Crippen molar-refractivity contribution in [3.05, 3.63) is 30.3 Å². The van der Waals surface area contributed by atoms with E-state index in [-0.39, 0.29) is 19.1 Å². The van der Waals surface area contributed by atoms with E-state index in [2.05, 4.69) is 0 Å². The Morgan fingerprint density at radius 1 is 1.07 bits per heavy atom. The molecule has 0 aliphatic heterocycles. The van der Waals surface area contributed by atoms with Gasteiger partial charge in [-0.1, -0.05) is 18.2 Å². The second-order valence-corrected chi connectivity index (χ2v) is 3.18. The Kier molecular flexibility index (Phi) is 5.04. The zero-order valence-electron chi connectivity index (χ0n) is 8.10. The minimum absolute atomic E-state index is 0.00858. The van der Waals surface area contributed by atoms with E-state index in [1.165, 1.54) is 0 Å². The van der Waals surface area contributed by atoms with Crippen LogP contribution in [-0.2, 0) is 0 Å². The molecule has 0 heterocycles. The lowest BCUT2D eigenvalue weighted by molar-refractivity contribution is 0.128. The first-order chi connectivity index (χ1) is 6.86. The second kappa shape index (κ2) is 6.40. The van der Waals surface area contributed by atoms with Gasteiger partial charge in [0.15, 0.2) is 0 Å². The standard InChI is InChI=1S/C11H16O3/c12-8-10(9-13)6-7-14-11-4-2-1-3-5-11/h1-5,10,12-13H,6-9H2. The maximum atomic E-state index is 8.81. The Labute approximate surface area is 84.0 Å². The maximum absolute atomic E-state index is 8.81. The van der Waals surface area contributed by atoms with E-state index in [1.54, 1.807) is 0 Å². The summed E-state index contributed by atoms with van der Waals surface area (Å²) in [7, 11) is 0. The zero-order chi connectivity index (χ0) is 10.2. The van der Waals surface area contributed by atoms with Crippen molar-refractivity contribution in [1.82, 2.24) is 0 Å². The number of para-hydroxylation sites is 1. The molecule has 0 saturated heterocycles. The van der Waals surface area contributed by atoms with Gasteiger partial charge in [-0.2, -0.15) is 0 Å². The smallest absolute Gasteiger partial charge is 0.119 e. The summed E-state index contributed by atoms with van der Waals surface area (Å²) in [6.07, 6.45) is 0.669. The highest BCUT2D eigenvalue weighted by Crippen LogP contribution is 2.10. The van der Waals surface area contributed by atoms with Crippen LogP contribution in [0.5, 0.6) is 5.75 Å². The van der Waals surface area contributed by atoms with Gasteiger partial charge >= 0.3 is 0 Å². The van der Waals surface area contributed by atoms with Crippen molar-refractivity contribution < 1.29 is 14.9 Å². The largest absolute Gasteiger partial charge is 0.494 e. The lowest BCUT2D eigenvalue weighted by atomic mass is 10.1. The summed E-state index contributed by atoms with van der Waals surface area (Å²) in [6.45, 7) is 0.541. The minimum atomic E-state index is -0.0706. The molecule has 0 bridgehead atoms. The summed E-state index contributed by atoms with van der Waals surface area (Å²) >= 11 is 0. The van der Waals surface area contributed by atoms with Crippen LogP contribution in [0.1, 0.15) is 6.42 Å². The number of hydrogen-bond donors (Lipinski definition) is 2. The highest BCUT2D eigenvalue weighted by atomic mass is 16.5. The average molecular weight is 196 g/mol. The molecule has 14 heavy (non-hydrogen) atoms. The summed E-state index contributed by atoms with van der Waals surface area (Å²) in [4.78, 5) is 0. The molecule has 2 N–H and O–H groups in total. The van der Waals surface area contributed by atoms with E-state index >= 15 is 0 Å². The van der Waals surface area contributed by atoms with E-state index in [1.807, 2.05) is 30.3 Å². The Balaban J connectivity index is 2.21. The van der Waals surface area contributed by atoms with E-state index in [0.717, 1.165) is 5.75 Å². The number of aliphatic hydroxyl groups is 2. The van der Waals surface area contributed by atoms with Crippen molar-refractivity contribution in [2.24, 2.45) is 5.92 Å². The molecule has 78 valence electrons. The fraction of sp³-hybridized carbons (Fsp3) is 0.455. The fourth-order valence-electron chi connectivity index (χ4n) is 1.10. The van der Waals surface area contributed by atoms with Gasteiger partial charge in [0.05, 0.1) is 6.61 Å². The van der Waals surface area contributed by atoms with Gasteiger partial charge in [-0.25, -0.2) is 0 Å². The third-order valence-corrected chi connectivity index (χ3v) is 2.05. The van der Waals surface area contributed by atoms with Crippen LogP contribution in [0.25, 0.3) is 0 Å². The Morgan fingerprint density at radius 3 is 2.29 bits per heavy atom. The highest BCUT2D eigenvalue weighted by Gasteiger charge is 2.05. The third kappa shape index (κ3) is 3.77. The van der Waals surface area contributed by atoms with Crippen LogP contribution < -0.4 is 4.74 Å². The zero-order valence-corrected chi connectivity index (χ0v) is 8.10. The normalized spacial score (nSPS) is 10.5. The van der Waals surface area contributed by atoms with Gasteiger partial charge in [-0.15, -0.1) is 0 Å². The van der Waals surface area contributed by atoms with Crippen LogP contribution in [0.15, 0.2) is 30.3 Å². The van der Waals surface area contributed by atoms with Crippen LogP contribution in [0.4, 0.5) is 0 Å². The van der Waals surface area contributed by atoms with Gasteiger partial charge in [0.25, 0.3) is 0 Å². The molecule has 0 fully saturated rings. The van der Waals surface area contributed by atoms with Crippen molar-refractivity contribution in [2.75, 3.05) is 19.8 Å². The van der Waals surface area contributed by atoms with E-state index in [9.17, 15) is 0 Å². The third-order valence-electron chi connectivity index (χ3n) is 2.05. The van der Waals surface area contributed by atoms with Gasteiger partial charge < -0.3 is 14.9 Å². The molecule has 0 atom stereocenters. The summed E-state index contributed by atoms with van der Waals surface area (Å²) in [5, 5.41) is 17.6. The minimum Gasteiger partial charge on any atom is -0.494 e. The Morgan fingerprint density at radius 2 is 1.71 bits per heavy atom. The van der Waals surface area contributed by atoms with Crippen LogP contribution in [-0.4, -0.2) is 30.0 Å². The summed E-state index contributed by atoms with van der Waals surface area (Å²) in [5.41, 5.74) is 0. The monoisotopic (exact) mass is 196 g/mol. The second-order valence-electron chi connectivity index (χ2n) is 3.18. The molecule has 0 spiro atoms. The molecular weight excluding hydrogens is 180 g/mol. The molecule has 0 aliphatic carbocycles. The molecule has 0 unspecified atom stereocenters. The van der Waals surface area contributed by atoms with Crippen molar-refractivity contribution >= 4 is 0 Å². The van der Waals surface area contributed by atoms with Crippen molar-refractivity contribution in [2.45, 2.75) is 6.42 Å². The van der Waals surface area contributed by atoms with E-state index in [4.69, 9.17) is 14.9 Å². The molecule has 0 saturated carbocycles. The molecular formula is C11H16O3. The van der Waals surface area contributed by atoms with Gasteiger partial charge in [-0.3, -0.25) is 0 Å². The molecule has 0 aromatic heterocycles. The van der Waals surface area contributed by atoms with Gasteiger partial charge in [0, 0.05) is 19.1 Å². The summed E-state index contributed by atoms with van der Waals surface area (Å²) in [6, 6.07) is 9.51. The molecule has 3 nitrogen and oxygen atoms in total. The molecule has 3 heteroatoms. The van der Waals surface area contributed by atoms with Crippen LogP contribution in [0.2, 0.25) is 0 Å². The fourth-order valence-corrected chi connectivity index (χ4v) is 1.10. The predicted molar refractivity (Wildman–Crippen MR) is 54.2 cm³/mol. The Bertz CT molecular complexity index is 232. The summed E-state index contributed by atoms with van der Waals surface area (Å²) in [5.74, 6) is 0.751. The molecule has 0 aliphatic rings. The number of ether oxygens (including phenoxy) is 1. The quantitative estimate of drug-likeness (QED) is 0.715. The average Bonchev–Trinajstić information content (AvgIpc) is 2.26. The van der Waals surface area contributed by atoms with Gasteiger partial charge in [0.1, 0.15) is 5.75 Å². The maximum Gasteiger partial charge on any atom is 0.119 e. The number of hydrogen-bond acceptors (Lipinski definition) is 3. The lowest BCUT2D eigenvalue weighted by Crippen LogP contribution is -2.14. The topological polar surface area (TPSA) is 49.7 Å². The molecule has 1 aromatic carbocycles. The van der Waals surface area contributed by atoms with Crippen LogP contribution >= 0.6 is 0 Å². The molecule has 0 amide bonds. The SMILES string of the molecule is OCC(CO)CCOc1ccccc1. The van der Waals surface area contributed by atoms with E-state index < -0.39 is 0 Å². The first-order valence-corrected chi connectivity index (χ1v) is 4.76. The van der Waals surface area contributed by atoms with E-state index in [0.29, 0.717) is 13.0 Å². The number of rotatable bonds is 6. The van der Waals surface area contributed by atoms with Gasteiger partial charge in [-0.05, 0) is 18.6 Å². The van der Waals surface area contributed by atoms with Gasteiger partial charge in [0.2, 0.25) is 0 Å². The molecule has 1 rings (SSSR count). The number of aliphatic hydroxyl groups excluding tert-OH is 2. The Hall–Kier alpha value is -1.06. The van der Waals surface area contributed by atoms with Crippen LogP contribution in [0.3, 0.4) is 0 Å². The molecule has 1 aromatic rings. The van der Waals surface area contributed by atoms with Crippen molar-refractivity contribution in [3.63, 3.8) is 0 Å². The summed E-state index contributed by atoms with van der Waals surface area (Å²) < 4.78 is 5.42. The number of benzene rings is 1. The van der Waals surface area contributed by atoms with Crippen molar-refractivity contribution in [1.29, 1.82) is 0 Å².